The second-order valence-corrected chi connectivity index (χ2v) is 1.82. The van der Waals surface area contributed by atoms with Gasteiger partial charge in [-0.1, -0.05) is 12.8 Å². The second-order valence-electron chi connectivity index (χ2n) is 1.82. The van der Waals surface area contributed by atoms with Crippen molar-refractivity contribution < 1.29 is 5.11 Å². The molecule has 2 nitrogen and oxygen atoms in total. The third-order valence-electron chi connectivity index (χ3n) is 1.04. The lowest BCUT2D eigenvalue weighted by molar-refractivity contribution is 0.368. The highest BCUT2D eigenvalue weighted by Crippen LogP contribution is 1.98. The fourth-order valence-electron chi connectivity index (χ4n) is 0.557. The molecular weight excluding hydrogens is 102 g/mol. The van der Waals surface area contributed by atoms with E-state index in [0.29, 0.717) is 0 Å². The number of unbranched alkanes of at least 4 members (excludes halogenated alkanes) is 3. The van der Waals surface area contributed by atoms with Gasteiger partial charge in [-0.25, -0.2) is 0 Å². The minimum atomic E-state index is 0.769. The fraction of sp³-hybridized carbons (Fsp3) is 0.833. The van der Waals surface area contributed by atoms with E-state index in [-0.39, 0.29) is 0 Å². The molecular formula is C6H14NO. The van der Waals surface area contributed by atoms with Crippen molar-refractivity contribution in [2.24, 2.45) is 5.73 Å². The molecule has 0 saturated carbocycles. The monoisotopic (exact) mass is 116 g/mol. The minimum absolute atomic E-state index is 0.769. The Kier molecular flexibility index (Phi) is 6.85. The highest BCUT2D eigenvalue weighted by atomic mass is 16.2. The number of hydrogen-bond acceptors (Lipinski definition) is 2. The first-order valence-corrected chi connectivity index (χ1v) is 3.07. The highest BCUT2D eigenvalue weighted by molar-refractivity contribution is 4.48. The molecule has 0 amide bonds. The Labute approximate surface area is 50.7 Å². The molecule has 3 N–H and O–H groups in total. The molecule has 0 aromatic heterocycles. The molecule has 0 unspecified atom stereocenters. The van der Waals surface area contributed by atoms with Crippen LogP contribution in [0.25, 0.3) is 0 Å². The van der Waals surface area contributed by atoms with Crippen LogP contribution >= 0.6 is 0 Å². The number of nitrogens with two attached hydrogens (primary N) is 1. The van der Waals surface area contributed by atoms with Crippen molar-refractivity contribution in [2.45, 2.75) is 25.7 Å². The van der Waals surface area contributed by atoms with Crippen molar-refractivity contribution in [2.75, 3.05) is 6.54 Å². The van der Waals surface area contributed by atoms with E-state index in [1.54, 1.807) is 0 Å². The Balaban J connectivity index is 2.53. The Morgan fingerprint density at radius 3 is 2.50 bits per heavy atom. The van der Waals surface area contributed by atoms with Gasteiger partial charge in [0.1, 0.15) is 0 Å². The number of hydrogen-bond donors (Lipinski definition) is 2. The average molecular weight is 116 g/mol. The summed E-state index contributed by atoms with van der Waals surface area (Å²) in [6, 6.07) is 0. The van der Waals surface area contributed by atoms with Crippen molar-refractivity contribution >= 4 is 0 Å². The van der Waals surface area contributed by atoms with Crippen molar-refractivity contribution in [1.82, 2.24) is 0 Å². The van der Waals surface area contributed by atoms with Gasteiger partial charge >= 0.3 is 0 Å². The van der Waals surface area contributed by atoms with Crippen LogP contribution in [0, 0.1) is 6.61 Å². The van der Waals surface area contributed by atoms with Crippen LogP contribution in [-0.2, 0) is 0 Å². The minimum Gasteiger partial charge on any atom is -0.390 e. The van der Waals surface area contributed by atoms with Gasteiger partial charge in [-0.05, 0) is 19.4 Å². The molecule has 2 heteroatoms. The molecule has 0 bridgehead atoms. The van der Waals surface area contributed by atoms with E-state index >= 15 is 0 Å². The first-order chi connectivity index (χ1) is 3.91. The molecule has 0 spiro atoms. The van der Waals surface area contributed by atoms with Gasteiger partial charge in [-0.15, -0.1) is 0 Å². The molecule has 8 heavy (non-hydrogen) atoms. The first-order valence-electron chi connectivity index (χ1n) is 3.07. The quantitative estimate of drug-likeness (QED) is 0.527. The van der Waals surface area contributed by atoms with Crippen LogP contribution in [0.4, 0.5) is 0 Å². The van der Waals surface area contributed by atoms with E-state index in [9.17, 15) is 0 Å². The predicted molar refractivity (Wildman–Crippen MR) is 33.8 cm³/mol. The Morgan fingerprint density at radius 2 is 2.00 bits per heavy atom. The SMILES string of the molecule is NCCCCC[CH]O. The average Bonchev–Trinajstić information content (AvgIpc) is 1.81. The van der Waals surface area contributed by atoms with E-state index < -0.39 is 0 Å². The van der Waals surface area contributed by atoms with Crippen molar-refractivity contribution in [3.05, 3.63) is 6.61 Å². The summed E-state index contributed by atoms with van der Waals surface area (Å²) in [7, 11) is 0. The maximum Gasteiger partial charge on any atom is 0.0799 e. The zero-order chi connectivity index (χ0) is 6.24. The van der Waals surface area contributed by atoms with E-state index in [0.717, 1.165) is 32.2 Å². The zero-order valence-electron chi connectivity index (χ0n) is 5.14. The summed E-state index contributed by atoms with van der Waals surface area (Å²) in [5.74, 6) is 0. The summed E-state index contributed by atoms with van der Waals surface area (Å²) in [6.07, 6.45) is 4.08. The second kappa shape index (κ2) is 6.92. The van der Waals surface area contributed by atoms with Gasteiger partial charge in [-0.2, -0.15) is 0 Å². The van der Waals surface area contributed by atoms with Crippen LogP contribution < -0.4 is 5.73 Å². The Bertz CT molecular complexity index is 33.5. The number of aliphatic hydroxyl groups excluding tert-OH is 1. The van der Waals surface area contributed by atoms with Crippen molar-refractivity contribution in [3.8, 4) is 0 Å². The third-order valence-corrected chi connectivity index (χ3v) is 1.04. The molecule has 0 fully saturated rings. The summed E-state index contributed by atoms with van der Waals surface area (Å²) in [5.41, 5.74) is 5.24. The van der Waals surface area contributed by atoms with Crippen LogP contribution in [-0.4, -0.2) is 11.7 Å². The van der Waals surface area contributed by atoms with Crippen molar-refractivity contribution in [1.29, 1.82) is 0 Å². The third kappa shape index (κ3) is 5.92. The predicted octanol–water partition coefficient (Wildman–Crippen LogP) is 1.04. The molecule has 0 heterocycles. The van der Waals surface area contributed by atoms with Gasteiger partial charge in [0.25, 0.3) is 0 Å². The van der Waals surface area contributed by atoms with E-state index in [1.807, 2.05) is 0 Å². The first kappa shape index (κ1) is 7.92. The molecule has 0 saturated heterocycles. The molecule has 0 aliphatic rings. The van der Waals surface area contributed by atoms with Gasteiger partial charge in [0.2, 0.25) is 0 Å². The smallest absolute Gasteiger partial charge is 0.0799 e. The van der Waals surface area contributed by atoms with Crippen LogP contribution in [0.3, 0.4) is 0 Å². The molecule has 1 radical (unpaired) electrons. The molecule has 0 aromatic carbocycles. The van der Waals surface area contributed by atoms with E-state index in [2.05, 4.69) is 0 Å². The summed E-state index contributed by atoms with van der Waals surface area (Å²) in [5, 5.41) is 8.21. The summed E-state index contributed by atoms with van der Waals surface area (Å²) < 4.78 is 0. The molecule has 0 aliphatic carbocycles. The summed E-state index contributed by atoms with van der Waals surface area (Å²) in [4.78, 5) is 0. The summed E-state index contributed by atoms with van der Waals surface area (Å²) in [6.45, 7) is 1.97. The standard InChI is InChI=1S/C6H14NO/c7-5-3-1-2-4-6-8/h6,8H,1-5,7H2. The van der Waals surface area contributed by atoms with E-state index in [1.165, 1.54) is 6.61 Å². The maximum atomic E-state index is 8.21. The topological polar surface area (TPSA) is 46.2 Å². The lowest BCUT2D eigenvalue weighted by Crippen LogP contribution is -1.97. The largest absolute Gasteiger partial charge is 0.390 e. The van der Waals surface area contributed by atoms with Crippen LogP contribution in [0.5, 0.6) is 0 Å². The fourth-order valence-corrected chi connectivity index (χ4v) is 0.557. The Hall–Kier alpha value is -0.0800. The Morgan fingerprint density at radius 1 is 1.25 bits per heavy atom. The van der Waals surface area contributed by atoms with Crippen LogP contribution in [0.2, 0.25) is 0 Å². The van der Waals surface area contributed by atoms with E-state index in [4.69, 9.17) is 10.8 Å². The number of rotatable bonds is 5. The molecule has 0 aliphatic heterocycles. The van der Waals surface area contributed by atoms with Gasteiger partial charge in [-0.3, -0.25) is 0 Å². The van der Waals surface area contributed by atoms with Gasteiger partial charge in [0, 0.05) is 0 Å². The lowest BCUT2D eigenvalue weighted by Gasteiger charge is -1.93. The molecule has 0 rings (SSSR count). The van der Waals surface area contributed by atoms with Crippen molar-refractivity contribution in [3.63, 3.8) is 0 Å². The zero-order valence-corrected chi connectivity index (χ0v) is 5.14. The van der Waals surface area contributed by atoms with Crippen LogP contribution in [0.15, 0.2) is 0 Å². The molecule has 0 aromatic rings. The summed E-state index contributed by atoms with van der Waals surface area (Å²) >= 11 is 0. The molecule has 0 atom stereocenters. The lowest BCUT2D eigenvalue weighted by atomic mass is 10.2. The van der Waals surface area contributed by atoms with Crippen LogP contribution in [0.1, 0.15) is 25.7 Å². The highest BCUT2D eigenvalue weighted by Gasteiger charge is 1.84. The van der Waals surface area contributed by atoms with Gasteiger partial charge in [0.05, 0.1) is 6.61 Å². The molecule has 49 valence electrons. The number of aliphatic hydroxyl groups is 1. The normalized spacial score (nSPS) is 9.75. The van der Waals surface area contributed by atoms with Gasteiger partial charge in [0.15, 0.2) is 0 Å². The van der Waals surface area contributed by atoms with Gasteiger partial charge < -0.3 is 10.8 Å². The maximum absolute atomic E-state index is 8.21.